The van der Waals surface area contributed by atoms with Crippen molar-refractivity contribution in [2.45, 2.75) is 31.0 Å². The lowest BCUT2D eigenvalue weighted by Gasteiger charge is -2.34. The van der Waals surface area contributed by atoms with E-state index in [0.29, 0.717) is 11.1 Å². The number of aliphatic imine (C=N–C) groups is 2. The number of nitrogens with one attached hydrogen (secondary N) is 1. The molecule has 12 heteroatoms. The van der Waals surface area contributed by atoms with E-state index in [9.17, 15) is 26.0 Å². The van der Waals surface area contributed by atoms with Crippen LogP contribution in [0, 0.1) is 5.82 Å². The molecule has 3 heterocycles. The fraction of sp³-hybridized carbons (Fsp3) is 0.250. The molecule has 7 nitrogen and oxygen atoms in total. The number of hydrogen-bond acceptors (Lipinski definition) is 7. The van der Waals surface area contributed by atoms with Gasteiger partial charge in [0.1, 0.15) is 16.4 Å². The zero-order valence-electron chi connectivity index (χ0n) is 16.9. The van der Waals surface area contributed by atoms with Gasteiger partial charge in [0.05, 0.1) is 11.8 Å². The van der Waals surface area contributed by atoms with Gasteiger partial charge in [-0.15, -0.1) is 0 Å². The minimum Gasteiger partial charge on any atom is -0.278 e. The second-order valence-corrected chi connectivity index (χ2v) is 9.37. The van der Waals surface area contributed by atoms with Crippen molar-refractivity contribution >= 4 is 27.3 Å². The molecule has 0 spiro atoms. The summed E-state index contributed by atoms with van der Waals surface area (Å²) in [6.45, 7) is 3.12. The van der Waals surface area contributed by atoms with Crippen molar-refractivity contribution < 1.29 is 26.0 Å². The van der Waals surface area contributed by atoms with Gasteiger partial charge in [-0.1, -0.05) is 19.1 Å². The Labute approximate surface area is 181 Å². The average molecular weight is 467 g/mol. The molecule has 2 aromatic rings. The molecule has 2 aliphatic heterocycles. The van der Waals surface area contributed by atoms with Gasteiger partial charge in [0.15, 0.2) is 21.5 Å². The monoisotopic (exact) mass is 467 g/mol. The summed E-state index contributed by atoms with van der Waals surface area (Å²) in [6, 6.07) is 6.30. The molecule has 168 valence electrons. The second-order valence-electron chi connectivity index (χ2n) is 7.12. The Morgan fingerprint density at radius 1 is 1.12 bits per heavy atom. The van der Waals surface area contributed by atoms with Crippen LogP contribution >= 0.6 is 0 Å². The minimum atomic E-state index is -4.72. The zero-order valence-corrected chi connectivity index (χ0v) is 17.7. The van der Waals surface area contributed by atoms with Crippen LogP contribution in [0.2, 0.25) is 0 Å². The summed E-state index contributed by atoms with van der Waals surface area (Å²) >= 11 is 0. The molecule has 0 fully saturated rings. The molecule has 4 rings (SSSR count). The number of rotatable bonds is 4. The number of aromatic nitrogens is 1. The second kappa shape index (κ2) is 7.69. The molecule has 1 unspecified atom stereocenters. The molecule has 0 saturated carbocycles. The van der Waals surface area contributed by atoms with Crippen molar-refractivity contribution in [3.63, 3.8) is 0 Å². The summed E-state index contributed by atoms with van der Waals surface area (Å²) in [5.41, 5.74) is 3.73. The van der Waals surface area contributed by atoms with Gasteiger partial charge in [-0.3, -0.25) is 10.4 Å². The maximum atomic E-state index is 13.3. The van der Waals surface area contributed by atoms with Gasteiger partial charge in [-0.05, 0) is 36.8 Å². The number of pyridine rings is 1. The fourth-order valence-corrected chi connectivity index (χ4v) is 4.29. The summed E-state index contributed by atoms with van der Waals surface area (Å²) < 4.78 is 77.9. The van der Waals surface area contributed by atoms with Gasteiger partial charge in [-0.2, -0.15) is 13.2 Å². The molecule has 0 aliphatic carbocycles. The Kier molecular flexibility index (Phi) is 5.27. The number of amidine groups is 2. The van der Waals surface area contributed by atoms with Crippen LogP contribution in [-0.4, -0.2) is 43.0 Å². The van der Waals surface area contributed by atoms with E-state index < -0.39 is 33.7 Å². The van der Waals surface area contributed by atoms with E-state index in [1.165, 1.54) is 54.5 Å². The van der Waals surface area contributed by atoms with E-state index >= 15 is 0 Å². The first-order chi connectivity index (χ1) is 15.0. The molecule has 2 aliphatic rings. The number of anilines is 1. The maximum absolute atomic E-state index is 13.3. The van der Waals surface area contributed by atoms with E-state index in [1.807, 2.05) is 0 Å². The van der Waals surface area contributed by atoms with Crippen molar-refractivity contribution in [2.75, 3.05) is 10.8 Å². The number of alkyl halides is 3. The van der Waals surface area contributed by atoms with Crippen LogP contribution < -0.4 is 10.4 Å². The Hall–Kier alpha value is -3.28. The summed E-state index contributed by atoms with van der Waals surface area (Å²) in [5.74, 6) is -2.10. The summed E-state index contributed by atoms with van der Waals surface area (Å²) in [6.07, 6.45) is -1.86. The van der Waals surface area contributed by atoms with Crippen LogP contribution in [0.3, 0.4) is 0 Å². The smallest absolute Gasteiger partial charge is 0.278 e. The minimum absolute atomic E-state index is 0.00340. The first-order valence-electron chi connectivity index (χ1n) is 9.51. The molecule has 0 saturated heterocycles. The highest BCUT2D eigenvalue weighted by molar-refractivity contribution is 7.91. The fourth-order valence-electron chi connectivity index (χ4n) is 3.25. The number of sulfone groups is 1. The first kappa shape index (κ1) is 21.9. The Morgan fingerprint density at radius 3 is 2.44 bits per heavy atom. The number of hydrogen-bond donors (Lipinski definition) is 1. The van der Waals surface area contributed by atoms with Gasteiger partial charge in [0.25, 0.3) is 0 Å². The Balaban J connectivity index is 1.78. The molecular weight excluding hydrogens is 450 g/mol. The van der Waals surface area contributed by atoms with Crippen LogP contribution in [0.5, 0.6) is 0 Å². The van der Waals surface area contributed by atoms with E-state index in [4.69, 9.17) is 0 Å². The molecule has 0 bridgehead atoms. The van der Waals surface area contributed by atoms with Crippen molar-refractivity contribution in [3.8, 4) is 11.1 Å². The van der Waals surface area contributed by atoms with Crippen LogP contribution in [0.1, 0.15) is 13.8 Å². The van der Waals surface area contributed by atoms with Crippen LogP contribution in [0.4, 0.5) is 23.4 Å². The predicted molar refractivity (Wildman–Crippen MR) is 111 cm³/mol. The number of halogens is 4. The van der Waals surface area contributed by atoms with Crippen molar-refractivity contribution in [2.24, 2.45) is 9.98 Å². The SMILES string of the molecule is CCS(=O)(=O)c1cc(-c2ccc(F)cc2)cnc1N1NC2=NC(C(F)(F)F)=NC2=CC1C. The summed E-state index contributed by atoms with van der Waals surface area (Å²) in [5, 5.41) is 1.33. The summed E-state index contributed by atoms with van der Waals surface area (Å²) in [7, 11) is -3.78. The molecule has 1 N–H and O–H groups in total. The number of fused-ring (bicyclic) bond motifs is 1. The topological polar surface area (TPSA) is 87.0 Å². The molecule has 32 heavy (non-hydrogen) atoms. The summed E-state index contributed by atoms with van der Waals surface area (Å²) in [4.78, 5) is 11.2. The van der Waals surface area contributed by atoms with Gasteiger partial charge in [-0.25, -0.2) is 27.8 Å². The van der Waals surface area contributed by atoms with Crippen molar-refractivity contribution in [1.29, 1.82) is 0 Å². The highest BCUT2D eigenvalue weighted by atomic mass is 32.2. The molecular formula is C20H17F4N5O2S. The number of hydrazine groups is 1. The molecule has 1 aromatic heterocycles. The average Bonchev–Trinajstić information content (AvgIpc) is 3.17. The third-order valence-electron chi connectivity index (χ3n) is 4.93. The van der Waals surface area contributed by atoms with Gasteiger partial charge < -0.3 is 0 Å². The van der Waals surface area contributed by atoms with Crippen LogP contribution in [0.15, 0.2) is 63.2 Å². The predicted octanol–water partition coefficient (Wildman–Crippen LogP) is 3.65. The standard InChI is InChI=1S/C20H17F4N5O2S/c1-3-32(30,31)16-9-13(12-4-6-14(21)7-5-12)10-25-18(16)29-11(2)8-15-17(28-29)27-19(26-15)20(22,23)24/h4-11H,3H2,1-2H3,(H,26,27,28). The van der Waals surface area contributed by atoms with Crippen LogP contribution in [-0.2, 0) is 9.84 Å². The van der Waals surface area contributed by atoms with Crippen molar-refractivity contribution in [3.05, 3.63) is 54.1 Å². The lowest BCUT2D eigenvalue weighted by atomic mass is 10.1. The highest BCUT2D eigenvalue weighted by Gasteiger charge is 2.41. The molecule has 0 radical (unpaired) electrons. The third-order valence-corrected chi connectivity index (χ3v) is 6.66. The first-order valence-corrected chi connectivity index (χ1v) is 11.2. The molecule has 1 aromatic carbocycles. The molecule has 0 amide bonds. The van der Waals surface area contributed by atoms with E-state index in [1.54, 1.807) is 6.92 Å². The number of benzene rings is 1. The zero-order chi connectivity index (χ0) is 23.3. The lowest BCUT2D eigenvalue weighted by molar-refractivity contribution is -0.0595. The van der Waals surface area contributed by atoms with E-state index in [2.05, 4.69) is 20.4 Å². The quantitative estimate of drug-likeness (QED) is 0.694. The normalized spacial score (nSPS) is 18.5. The highest BCUT2D eigenvalue weighted by Crippen LogP contribution is 2.33. The van der Waals surface area contributed by atoms with Gasteiger partial charge in [0, 0.05) is 11.8 Å². The van der Waals surface area contributed by atoms with Crippen LogP contribution in [0.25, 0.3) is 11.1 Å². The van der Waals surface area contributed by atoms with E-state index in [0.717, 1.165) is 0 Å². The number of nitrogens with zero attached hydrogens (tertiary/aromatic N) is 4. The van der Waals surface area contributed by atoms with E-state index in [-0.39, 0.29) is 28.0 Å². The maximum Gasteiger partial charge on any atom is 0.451 e. The molecule has 1 atom stereocenters. The third kappa shape index (κ3) is 3.97. The van der Waals surface area contributed by atoms with Gasteiger partial charge in [0.2, 0.25) is 5.84 Å². The lowest BCUT2D eigenvalue weighted by Crippen LogP contribution is -2.51. The Morgan fingerprint density at radius 2 is 1.81 bits per heavy atom. The van der Waals surface area contributed by atoms with Gasteiger partial charge >= 0.3 is 6.18 Å². The largest absolute Gasteiger partial charge is 0.451 e. The van der Waals surface area contributed by atoms with Crippen molar-refractivity contribution in [1.82, 2.24) is 10.4 Å². The Bertz CT molecular complexity index is 1270.